The number of anilines is 1. The zero-order valence-electron chi connectivity index (χ0n) is 17.1. The van der Waals surface area contributed by atoms with Crippen LogP contribution < -0.4 is 15.4 Å². The molecule has 0 saturated carbocycles. The largest absolute Gasteiger partial charge is 0.489 e. The van der Waals surface area contributed by atoms with Crippen molar-refractivity contribution in [3.8, 4) is 5.75 Å². The molecule has 3 aromatic rings. The summed E-state index contributed by atoms with van der Waals surface area (Å²) in [7, 11) is 0. The maximum absolute atomic E-state index is 13.0. The Balaban J connectivity index is 1.85. The highest BCUT2D eigenvalue weighted by atomic mass is 16.5. The van der Waals surface area contributed by atoms with Crippen molar-refractivity contribution in [1.29, 1.82) is 0 Å². The Morgan fingerprint density at radius 1 is 1.00 bits per heavy atom. The van der Waals surface area contributed by atoms with Crippen LogP contribution in [0.4, 0.5) is 5.69 Å². The van der Waals surface area contributed by atoms with Crippen molar-refractivity contribution in [3.05, 3.63) is 89.5 Å². The van der Waals surface area contributed by atoms with Crippen LogP contribution in [0.3, 0.4) is 0 Å². The molecule has 0 radical (unpaired) electrons. The first kappa shape index (κ1) is 20.9. The standard InChI is InChI=1S/C24H24N2O4/c1-16(2)30-22-9-5-4-8-20(22)25-24(28)21(15-19-7-6-14-29-19)26-23(27)18-12-10-17(3)11-13-18/h4-16H,1-3H3,(H,25,28)(H,26,27)/b21-15-. The van der Waals surface area contributed by atoms with Crippen LogP contribution in [0.1, 0.15) is 35.5 Å². The van der Waals surface area contributed by atoms with Gasteiger partial charge in [0.05, 0.1) is 18.1 Å². The van der Waals surface area contributed by atoms with E-state index in [2.05, 4.69) is 10.6 Å². The number of amides is 2. The van der Waals surface area contributed by atoms with Crippen molar-refractivity contribution >= 4 is 23.6 Å². The Morgan fingerprint density at radius 2 is 1.73 bits per heavy atom. The second-order valence-corrected chi connectivity index (χ2v) is 7.01. The van der Waals surface area contributed by atoms with E-state index in [4.69, 9.17) is 9.15 Å². The molecular formula is C24H24N2O4. The van der Waals surface area contributed by atoms with E-state index in [0.29, 0.717) is 22.8 Å². The lowest BCUT2D eigenvalue weighted by molar-refractivity contribution is -0.113. The maximum Gasteiger partial charge on any atom is 0.272 e. The van der Waals surface area contributed by atoms with Gasteiger partial charge in [-0.25, -0.2) is 0 Å². The molecule has 1 heterocycles. The predicted molar refractivity (Wildman–Crippen MR) is 116 cm³/mol. The summed E-state index contributed by atoms with van der Waals surface area (Å²) in [5, 5.41) is 5.49. The van der Waals surface area contributed by atoms with Crippen molar-refractivity contribution in [3.63, 3.8) is 0 Å². The Kier molecular flexibility index (Phi) is 6.70. The molecule has 0 aliphatic heterocycles. The molecule has 6 heteroatoms. The number of nitrogens with one attached hydrogen (secondary N) is 2. The van der Waals surface area contributed by atoms with E-state index in [0.717, 1.165) is 5.56 Å². The summed E-state index contributed by atoms with van der Waals surface area (Å²) in [4.78, 5) is 25.7. The molecule has 1 aromatic heterocycles. The zero-order chi connectivity index (χ0) is 21.5. The Morgan fingerprint density at radius 3 is 2.40 bits per heavy atom. The molecule has 3 rings (SSSR count). The summed E-state index contributed by atoms with van der Waals surface area (Å²) < 4.78 is 11.1. The molecule has 30 heavy (non-hydrogen) atoms. The molecule has 0 fully saturated rings. The van der Waals surface area contributed by atoms with Crippen LogP contribution in [0.15, 0.2) is 77.0 Å². The molecule has 2 amide bonds. The highest BCUT2D eigenvalue weighted by Crippen LogP contribution is 2.25. The van der Waals surface area contributed by atoms with Crippen LogP contribution in [0, 0.1) is 6.92 Å². The Hall–Kier alpha value is -3.80. The fourth-order valence-electron chi connectivity index (χ4n) is 2.69. The highest BCUT2D eigenvalue weighted by molar-refractivity contribution is 6.11. The number of rotatable bonds is 7. The summed E-state index contributed by atoms with van der Waals surface area (Å²) >= 11 is 0. The van der Waals surface area contributed by atoms with E-state index in [-0.39, 0.29) is 11.8 Å². The number of hydrogen-bond donors (Lipinski definition) is 2. The molecule has 0 bridgehead atoms. The van der Waals surface area contributed by atoms with Gasteiger partial charge in [0.2, 0.25) is 0 Å². The number of carbonyl (C=O) groups is 2. The van der Waals surface area contributed by atoms with Gasteiger partial charge in [-0.3, -0.25) is 9.59 Å². The summed E-state index contributed by atoms with van der Waals surface area (Å²) in [6.07, 6.45) is 2.92. The molecule has 0 aliphatic rings. The van der Waals surface area contributed by atoms with Crippen LogP contribution in [-0.4, -0.2) is 17.9 Å². The fraction of sp³-hybridized carbons (Fsp3) is 0.167. The molecule has 154 valence electrons. The van der Waals surface area contributed by atoms with Crippen LogP contribution in [-0.2, 0) is 4.79 Å². The van der Waals surface area contributed by atoms with Crippen LogP contribution >= 0.6 is 0 Å². The molecule has 0 aliphatic carbocycles. The van der Waals surface area contributed by atoms with E-state index in [1.54, 1.807) is 42.5 Å². The quantitative estimate of drug-likeness (QED) is 0.555. The molecule has 0 spiro atoms. The van der Waals surface area contributed by atoms with Gasteiger partial charge in [-0.1, -0.05) is 29.8 Å². The van der Waals surface area contributed by atoms with Gasteiger partial charge < -0.3 is 19.8 Å². The predicted octanol–water partition coefficient (Wildman–Crippen LogP) is 4.78. The Bertz CT molecular complexity index is 1040. The lowest BCUT2D eigenvalue weighted by Gasteiger charge is -2.16. The smallest absolute Gasteiger partial charge is 0.272 e. The second-order valence-electron chi connectivity index (χ2n) is 7.01. The summed E-state index contributed by atoms with van der Waals surface area (Å²) in [5.74, 6) is 0.0977. The first-order valence-corrected chi connectivity index (χ1v) is 9.62. The molecule has 0 atom stereocenters. The second kappa shape index (κ2) is 9.60. The number of para-hydroxylation sites is 2. The van der Waals surface area contributed by atoms with E-state index >= 15 is 0 Å². The van der Waals surface area contributed by atoms with E-state index < -0.39 is 11.8 Å². The van der Waals surface area contributed by atoms with Crippen LogP contribution in [0.25, 0.3) is 6.08 Å². The SMILES string of the molecule is Cc1ccc(C(=O)N/C(=C\c2ccco2)C(=O)Nc2ccccc2OC(C)C)cc1. The maximum atomic E-state index is 13.0. The van der Waals surface area contributed by atoms with Gasteiger partial charge in [0.1, 0.15) is 17.2 Å². The molecule has 2 N–H and O–H groups in total. The van der Waals surface area contributed by atoms with Gasteiger partial charge in [-0.2, -0.15) is 0 Å². The number of aryl methyl sites for hydroxylation is 1. The first-order valence-electron chi connectivity index (χ1n) is 9.62. The van der Waals surface area contributed by atoms with Crippen molar-refractivity contribution < 1.29 is 18.7 Å². The molecule has 2 aromatic carbocycles. The minimum absolute atomic E-state index is 0.0508. The van der Waals surface area contributed by atoms with Crippen molar-refractivity contribution in [2.45, 2.75) is 26.9 Å². The van der Waals surface area contributed by atoms with Crippen molar-refractivity contribution in [2.75, 3.05) is 5.32 Å². The van der Waals surface area contributed by atoms with Gasteiger partial charge >= 0.3 is 0 Å². The number of ether oxygens (including phenoxy) is 1. The third-order valence-electron chi connectivity index (χ3n) is 4.13. The molecule has 6 nitrogen and oxygen atoms in total. The Labute approximate surface area is 175 Å². The first-order chi connectivity index (χ1) is 14.4. The average Bonchev–Trinajstić information content (AvgIpc) is 3.22. The van der Waals surface area contributed by atoms with Crippen LogP contribution in [0.5, 0.6) is 5.75 Å². The minimum atomic E-state index is -0.494. The van der Waals surface area contributed by atoms with E-state index in [1.807, 2.05) is 39.0 Å². The zero-order valence-corrected chi connectivity index (χ0v) is 17.1. The number of carbonyl (C=O) groups excluding carboxylic acids is 2. The van der Waals surface area contributed by atoms with Gasteiger partial charge in [0.25, 0.3) is 11.8 Å². The number of hydrogen-bond acceptors (Lipinski definition) is 4. The fourth-order valence-corrected chi connectivity index (χ4v) is 2.69. The lowest BCUT2D eigenvalue weighted by Crippen LogP contribution is -2.30. The van der Waals surface area contributed by atoms with E-state index in [1.165, 1.54) is 12.3 Å². The molecule has 0 saturated heterocycles. The summed E-state index contributed by atoms with van der Waals surface area (Å²) in [6.45, 7) is 5.75. The van der Waals surface area contributed by atoms with Gasteiger partial charge in [0, 0.05) is 11.6 Å². The van der Waals surface area contributed by atoms with Crippen molar-refractivity contribution in [2.24, 2.45) is 0 Å². The number of benzene rings is 2. The average molecular weight is 404 g/mol. The highest BCUT2D eigenvalue weighted by Gasteiger charge is 2.17. The van der Waals surface area contributed by atoms with Crippen LogP contribution in [0.2, 0.25) is 0 Å². The minimum Gasteiger partial charge on any atom is -0.489 e. The van der Waals surface area contributed by atoms with Gasteiger partial charge in [0.15, 0.2) is 0 Å². The summed E-state index contributed by atoms with van der Waals surface area (Å²) in [5.41, 5.74) is 2.04. The molecule has 0 unspecified atom stereocenters. The lowest BCUT2D eigenvalue weighted by atomic mass is 10.1. The number of furan rings is 1. The third kappa shape index (κ3) is 5.61. The normalized spacial score (nSPS) is 11.3. The van der Waals surface area contributed by atoms with E-state index in [9.17, 15) is 9.59 Å². The molecular weight excluding hydrogens is 380 g/mol. The summed E-state index contributed by atoms with van der Waals surface area (Å²) in [6, 6.07) is 17.6. The monoisotopic (exact) mass is 404 g/mol. The van der Waals surface area contributed by atoms with Gasteiger partial charge in [-0.05, 0) is 57.2 Å². The third-order valence-corrected chi connectivity index (χ3v) is 4.13. The topological polar surface area (TPSA) is 80.6 Å². The van der Waals surface area contributed by atoms with Gasteiger partial charge in [-0.15, -0.1) is 0 Å². The van der Waals surface area contributed by atoms with Crippen molar-refractivity contribution in [1.82, 2.24) is 5.32 Å².